The molecule has 0 aromatic rings. The van der Waals surface area contributed by atoms with Crippen LogP contribution in [0.1, 0.15) is 44.9 Å². The van der Waals surface area contributed by atoms with Crippen molar-refractivity contribution in [2.75, 3.05) is 13.1 Å². The van der Waals surface area contributed by atoms with Gasteiger partial charge in [-0.25, -0.2) is 0 Å². The van der Waals surface area contributed by atoms with E-state index in [2.05, 4.69) is 4.90 Å². The minimum Gasteiger partial charge on any atom is -0.392 e. The summed E-state index contributed by atoms with van der Waals surface area (Å²) in [5, 5.41) is 0. The Balaban J connectivity index is 1.85. The van der Waals surface area contributed by atoms with Gasteiger partial charge in [0.1, 0.15) is 0 Å². The summed E-state index contributed by atoms with van der Waals surface area (Å²) in [5.74, 6) is 0.931. The zero-order valence-electron chi connectivity index (χ0n) is 9.45. The fourth-order valence-electron chi connectivity index (χ4n) is 2.82. The molecule has 0 atom stereocenters. The summed E-state index contributed by atoms with van der Waals surface area (Å²) >= 11 is 5.05. The van der Waals surface area contributed by atoms with Crippen molar-refractivity contribution in [2.24, 2.45) is 11.7 Å². The second-order valence-corrected chi connectivity index (χ2v) is 5.66. The Morgan fingerprint density at radius 1 is 1.13 bits per heavy atom. The largest absolute Gasteiger partial charge is 0.392 e. The van der Waals surface area contributed by atoms with Crippen molar-refractivity contribution in [3.8, 4) is 0 Å². The molecule has 0 bridgehead atoms. The standard InChI is InChI=1S/C12H22N2S/c13-12(15)9-14(8-10-4-3-5-10)11-6-1-2-7-11/h10-11H,1-9H2,(H2,13,15). The molecule has 0 radical (unpaired) electrons. The second kappa shape index (κ2) is 5.26. The first kappa shape index (κ1) is 11.3. The van der Waals surface area contributed by atoms with E-state index in [-0.39, 0.29) is 0 Å². The fourth-order valence-corrected chi connectivity index (χ4v) is 2.99. The lowest BCUT2D eigenvalue weighted by Crippen LogP contribution is -2.43. The number of thiocarbonyl (C=S) groups is 1. The van der Waals surface area contributed by atoms with Crippen LogP contribution in [0.15, 0.2) is 0 Å². The van der Waals surface area contributed by atoms with Crippen LogP contribution in [0, 0.1) is 5.92 Å². The zero-order valence-corrected chi connectivity index (χ0v) is 10.3. The van der Waals surface area contributed by atoms with Gasteiger partial charge in [0.2, 0.25) is 0 Å². The monoisotopic (exact) mass is 226 g/mol. The molecule has 2 saturated carbocycles. The average molecular weight is 226 g/mol. The van der Waals surface area contributed by atoms with Gasteiger partial charge < -0.3 is 5.73 Å². The Hall–Kier alpha value is -0.150. The van der Waals surface area contributed by atoms with Crippen LogP contribution >= 0.6 is 12.2 Å². The Bertz CT molecular complexity index is 220. The number of hydrogen-bond donors (Lipinski definition) is 1. The van der Waals surface area contributed by atoms with Crippen molar-refractivity contribution < 1.29 is 0 Å². The zero-order chi connectivity index (χ0) is 10.7. The lowest BCUT2D eigenvalue weighted by molar-refractivity contribution is 0.152. The molecule has 2 N–H and O–H groups in total. The number of nitrogens with zero attached hydrogens (tertiary/aromatic N) is 1. The third-order valence-electron chi connectivity index (χ3n) is 3.92. The SMILES string of the molecule is NC(=S)CN(CC1CCC1)C1CCCC1. The molecule has 0 heterocycles. The molecule has 86 valence electrons. The molecule has 0 aromatic heterocycles. The van der Waals surface area contributed by atoms with Crippen LogP contribution in [0.3, 0.4) is 0 Å². The van der Waals surface area contributed by atoms with Crippen molar-refractivity contribution in [3.63, 3.8) is 0 Å². The van der Waals surface area contributed by atoms with Crippen molar-refractivity contribution in [2.45, 2.75) is 51.0 Å². The van der Waals surface area contributed by atoms with E-state index in [1.54, 1.807) is 0 Å². The summed E-state index contributed by atoms with van der Waals surface area (Å²) in [7, 11) is 0. The van der Waals surface area contributed by atoms with E-state index in [1.165, 1.54) is 51.5 Å². The molecule has 0 spiro atoms. The second-order valence-electron chi connectivity index (χ2n) is 5.13. The van der Waals surface area contributed by atoms with Gasteiger partial charge in [-0.2, -0.15) is 0 Å². The molecule has 15 heavy (non-hydrogen) atoms. The molecule has 2 aliphatic carbocycles. The number of nitrogens with two attached hydrogens (primary N) is 1. The molecule has 2 fully saturated rings. The van der Waals surface area contributed by atoms with E-state index >= 15 is 0 Å². The van der Waals surface area contributed by atoms with Crippen LogP contribution in [0.4, 0.5) is 0 Å². The highest BCUT2D eigenvalue weighted by molar-refractivity contribution is 7.80. The first-order valence-electron chi connectivity index (χ1n) is 6.28. The predicted molar refractivity (Wildman–Crippen MR) is 68.0 cm³/mol. The van der Waals surface area contributed by atoms with E-state index in [0.717, 1.165) is 18.5 Å². The molecule has 2 aliphatic rings. The summed E-state index contributed by atoms with van der Waals surface area (Å²) in [4.78, 5) is 3.22. The lowest BCUT2D eigenvalue weighted by Gasteiger charge is -2.35. The quantitative estimate of drug-likeness (QED) is 0.730. The lowest BCUT2D eigenvalue weighted by atomic mass is 9.85. The van der Waals surface area contributed by atoms with Crippen LogP contribution in [0.2, 0.25) is 0 Å². The van der Waals surface area contributed by atoms with E-state index in [4.69, 9.17) is 18.0 Å². The normalized spacial score (nSPS) is 23.3. The van der Waals surface area contributed by atoms with Gasteiger partial charge in [0.05, 0.1) is 4.99 Å². The minimum atomic E-state index is 0.668. The highest BCUT2D eigenvalue weighted by atomic mass is 32.1. The van der Waals surface area contributed by atoms with Gasteiger partial charge in [-0.05, 0) is 31.6 Å². The average Bonchev–Trinajstić information content (AvgIpc) is 2.60. The first-order chi connectivity index (χ1) is 7.25. The van der Waals surface area contributed by atoms with E-state index in [9.17, 15) is 0 Å². The molecule has 0 aliphatic heterocycles. The van der Waals surface area contributed by atoms with Gasteiger partial charge in [0, 0.05) is 19.1 Å². The maximum absolute atomic E-state index is 5.69. The van der Waals surface area contributed by atoms with E-state index < -0.39 is 0 Å². The van der Waals surface area contributed by atoms with Crippen LogP contribution in [0.25, 0.3) is 0 Å². The molecule has 0 amide bonds. The van der Waals surface area contributed by atoms with E-state index in [0.29, 0.717) is 4.99 Å². The Kier molecular flexibility index (Phi) is 3.98. The summed E-state index contributed by atoms with van der Waals surface area (Å²) < 4.78 is 0. The smallest absolute Gasteiger partial charge is 0.0870 e. The van der Waals surface area contributed by atoms with Crippen molar-refractivity contribution >= 4 is 17.2 Å². The maximum atomic E-state index is 5.69. The highest BCUT2D eigenvalue weighted by Crippen LogP contribution is 2.30. The van der Waals surface area contributed by atoms with Gasteiger partial charge in [-0.15, -0.1) is 0 Å². The van der Waals surface area contributed by atoms with Crippen molar-refractivity contribution in [1.29, 1.82) is 0 Å². The minimum absolute atomic E-state index is 0.668. The van der Waals surface area contributed by atoms with Crippen molar-refractivity contribution in [3.05, 3.63) is 0 Å². The Morgan fingerprint density at radius 3 is 2.27 bits per heavy atom. The van der Waals surface area contributed by atoms with Gasteiger partial charge in [-0.1, -0.05) is 31.5 Å². The Labute approximate surface area is 98.2 Å². The molecule has 0 saturated heterocycles. The van der Waals surface area contributed by atoms with Gasteiger partial charge >= 0.3 is 0 Å². The summed E-state index contributed by atoms with van der Waals surface area (Å²) in [6.45, 7) is 2.08. The predicted octanol–water partition coefficient (Wildman–Crippen LogP) is 2.32. The van der Waals surface area contributed by atoms with Crippen LogP contribution < -0.4 is 5.73 Å². The molecular formula is C12H22N2S. The number of rotatable bonds is 5. The van der Waals surface area contributed by atoms with Crippen LogP contribution in [-0.4, -0.2) is 29.0 Å². The first-order valence-corrected chi connectivity index (χ1v) is 6.69. The molecule has 3 heteroatoms. The third-order valence-corrected chi connectivity index (χ3v) is 4.05. The highest BCUT2D eigenvalue weighted by Gasteiger charge is 2.27. The van der Waals surface area contributed by atoms with Crippen LogP contribution in [-0.2, 0) is 0 Å². The topological polar surface area (TPSA) is 29.3 Å². The summed E-state index contributed by atoms with van der Waals surface area (Å²) in [6, 6.07) is 0.770. The summed E-state index contributed by atoms with van der Waals surface area (Å²) in [5.41, 5.74) is 5.69. The summed E-state index contributed by atoms with van der Waals surface area (Å²) in [6.07, 6.45) is 9.76. The molecule has 0 unspecified atom stereocenters. The molecule has 2 rings (SSSR count). The molecular weight excluding hydrogens is 204 g/mol. The molecule has 0 aromatic carbocycles. The van der Waals surface area contributed by atoms with Gasteiger partial charge in [-0.3, -0.25) is 4.90 Å². The number of hydrogen-bond acceptors (Lipinski definition) is 2. The Morgan fingerprint density at radius 2 is 1.80 bits per heavy atom. The van der Waals surface area contributed by atoms with Gasteiger partial charge in [0.25, 0.3) is 0 Å². The molecule has 2 nitrogen and oxygen atoms in total. The van der Waals surface area contributed by atoms with Crippen LogP contribution in [0.5, 0.6) is 0 Å². The van der Waals surface area contributed by atoms with Crippen molar-refractivity contribution in [1.82, 2.24) is 4.90 Å². The maximum Gasteiger partial charge on any atom is 0.0870 e. The van der Waals surface area contributed by atoms with E-state index in [1.807, 2.05) is 0 Å². The third kappa shape index (κ3) is 3.15. The fraction of sp³-hybridized carbons (Fsp3) is 0.917. The van der Waals surface area contributed by atoms with Gasteiger partial charge in [0.15, 0.2) is 0 Å².